The summed E-state index contributed by atoms with van der Waals surface area (Å²) >= 11 is 0. The number of hydrazine groups is 1. The standard InChI is InChI=1S/C7H10N2O4S.Na.H/c1-13-7-4-2-6(3-5-7)8-9-14(10,11)12;;/h2-5,8-9H,1H3,(H,10,11,12);;/q;+1;-1. The van der Waals surface area contributed by atoms with Crippen LogP contribution in [0.25, 0.3) is 0 Å². The van der Waals surface area contributed by atoms with Crippen LogP contribution in [-0.2, 0) is 10.3 Å². The third kappa shape index (κ3) is 5.98. The molecule has 3 N–H and O–H groups in total. The SMILES string of the molecule is COc1ccc(NNS(=O)(=O)O)cc1.[H-].[Na+]. The molecule has 0 saturated carbocycles. The third-order valence-corrected chi connectivity index (χ3v) is 1.77. The average Bonchev–Trinajstić information content (AvgIpc) is 2.14. The zero-order valence-corrected chi connectivity index (χ0v) is 11.2. The third-order valence-electron chi connectivity index (χ3n) is 1.41. The maximum Gasteiger partial charge on any atom is 1.00 e. The Kier molecular flexibility index (Phi) is 6.18. The summed E-state index contributed by atoms with van der Waals surface area (Å²) in [5, 5.41) is 0. The van der Waals surface area contributed by atoms with Gasteiger partial charge in [0.05, 0.1) is 12.8 Å². The number of methoxy groups -OCH3 is 1. The molecule has 0 aliphatic rings. The summed E-state index contributed by atoms with van der Waals surface area (Å²) in [4.78, 5) is 1.71. The maximum absolute atomic E-state index is 10.3. The van der Waals surface area contributed by atoms with Gasteiger partial charge in [-0.1, -0.05) is 0 Å². The monoisotopic (exact) mass is 242 g/mol. The van der Waals surface area contributed by atoms with Gasteiger partial charge in [-0.05, 0) is 24.3 Å². The van der Waals surface area contributed by atoms with Crippen molar-refractivity contribution in [1.82, 2.24) is 4.83 Å². The molecule has 80 valence electrons. The van der Waals surface area contributed by atoms with Gasteiger partial charge in [-0.25, -0.2) is 0 Å². The number of rotatable bonds is 4. The first-order chi connectivity index (χ1) is 6.51. The van der Waals surface area contributed by atoms with Gasteiger partial charge in [0.15, 0.2) is 0 Å². The fourth-order valence-corrected chi connectivity index (χ4v) is 1.04. The number of ether oxygens (including phenoxy) is 1. The molecule has 8 heteroatoms. The minimum atomic E-state index is -4.23. The number of anilines is 1. The first kappa shape index (κ1) is 14.7. The Bertz CT molecular complexity index is 397. The van der Waals surface area contributed by atoms with E-state index in [4.69, 9.17) is 9.29 Å². The number of benzene rings is 1. The molecule has 0 amide bonds. The van der Waals surface area contributed by atoms with Gasteiger partial charge in [0.1, 0.15) is 5.75 Å². The summed E-state index contributed by atoms with van der Waals surface area (Å²) in [6, 6.07) is 6.48. The topological polar surface area (TPSA) is 87.7 Å². The molecule has 0 aromatic heterocycles. The summed E-state index contributed by atoms with van der Waals surface area (Å²) in [5.41, 5.74) is 2.78. The van der Waals surface area contributed by atoms with E-state index in [0.29, 0.717) is 11.4 Å². The number of hydrogen-bond acceptors (Lipinski definition) is 4. The van der Waals surface area contributed by atoms with Gasteiger partial charge >= 0.3 is 39.9 Å². The van der Waals surface area contributed by atoms with E-state index in [1.807, 2.05) is 0 Å². The van der Waals surface area contributed by atoms with Crippen LogP contribution in [0.15, 0.2) is 24.3 Å². The van der Waals surface area contributed by atoms with Crippen molar-refractivity contribution < 1.29 is 48.7 Å². The summed E-state index contributed by atoms with van der Waals surface area (Å²) in [6.45, 7) is 0. The smallest absolute Gasteiger partial charge is 1.00 e. The van der Waals surface area contributed by atoms with E-state index >= 15 is 0 Å². The van der Waals surface area contributed by atoms with E-state index in [1.165, 1.54) is 7.11 Å². The molecule has 1 aromatic carbocycles. The molecule has 1 aromatic rings. The Morgan fingerprint density at radius 2 is 1.87 bits per heavy atom. The Morgan fingerprint density at radius 3 is 2.27 bits per heavy atom. The minimum absolute atomic E-state index is 0. The molecule has 0 fully saturated rings. The first-order valence-electron chi connectivity index (χ1n) is 3.65. The van der Waals surface area contributed by atoms with Crippen molar-refractivity contribution in [1.29, 1.82) is 0 Å². The second-order valence-electron chi connectivity index (χ2n) is 2.43. The van der Waals surface area contributed by atoms with Crippen LogP contribution in [0, 0.1) is 0 Å². The van der Waals surface area contributed by atoms with Crippen molar-refractivity contribution in [3.05, 3.63) is 24.3 Å². The van der Waals surface area contributed by atoms with E-state index in [0.717, 1.165) is 0 Å². The molecule has 1 rings (SSSR count). The van der Waals surface area contributed by atoms with Crippen LogP contribution in [0.1, 0.15) is 1.43 Å². The van der Waals surface area contributed by atoms with E-state index < -0.39 is 10.3 Å². The fourth-order valence-electron chi connectivity index (χ4n) is 0.798. The predicted octanol–water partition coefficient (Wildman–Crippen LogP) is -2.47. The Morgan fingerprint density at radius 1 is 1.33 bits per heavy atom. The van der Waals surface area contributed by atoms with Crippen molar-refractivity contribution in [3.8, 4) is 5.75 Å². The van der Waals surface area contributed by atoms with Crippen molar-refractivity contribution in [2.45, 2.75) is 0 Å². The Hall–Kier alpha value is -0.310. The quantitative estimate of drug-likeness (QED) is 0.309. The number of nitrogens with one attached hydrogen (secondary N) is 2. The Balaban J connectivity index is 0. The van der Waals surface area contributed by atoms with Gasteiger partial charge < -0.3 is 11.6 Å². The zero-order chi connectivity index (χ0) is 10.6. The maximum atomic E-state index is 10.3. The van der Waals surface area contributed by atoms with Crippen LogP contribution < -0.4 is 44.6 Å². The molecule has 0 unspecified atom stereocenters. The van der Waals surface area contributed by atoms with Crippen molar-refractivity contribution in [3.63, 3.8) is 0 Å². The van der Waals surface area contributed by atoms with Crippen LogP contribution in [0.4, 0.5) is 5.69 Å². The van der Waals surface area contributed by atoms with Gasteiger partial charge in [-0.2, -0.15) is 8.42 Å². The van der Waals surface area contributed by atoms with Crippen LogP contribution in [-0.4, -0.2) is 20.1 Å². The molecule has 0 atom stereocenters. The molecule has 0 heterocycles. The predicted molar refractivity (Wildman–Crippen MR) is 52.4 cm³/mol. The second-order valence-corrected chi connectivity index (χ2v) is 3.58. The molecule has 6 nitrogen and oxygen atoms in total. The van der Waals surface area contributed by atoms with Gasteiger partial charge in [-0.3, -0.25) is 4.55 Å². The van der Waals surface area contributed by atoms with E-state index in [1.54, 1.807) is 29.1 Å². The van der Waals surface area contributed by atoms with Crippen molar-refractivity contribution in [2.24, 2.45) is 0 Å². The molecular formula is C7H11N2NaO4S. The average molecular weight is 242 g/mol. The van der Waals surface area contributed by atoms with Crippen molar-refractivity contribution in [2.75, 3.05) is 12.5 Å². The summed E-state index contributed by atoms with van der Waals surface area (Å²) in [6.07, 6.45) is 0. The van der Waals surface area contributed by atoms with Gasteiger partial charge in [-0.15, -0.1) is 4.83 Å². The summed E-state index contributed by atoms with van der Waals surface area (Å²) in [7, 11) is -2.70. The Labute approximate surface area is 112 Å². The van der Waals surface area contributed by atoms with E-state index in [9.17, 15) is 8.42 Å². The molecule has 0 bridgehead atoms. The van der Waals surface area contributed by atoms with Crippen LogP contribution in [0.2, 0.25) is 0 Å². The normalized spacial score (nSPS) is 10.3. The van der Waals surface area contributed by atoms with Gasteiger partial charge in [0.25, 0.3) is 0 Å². The molecule has 15 heavy (non-hydrogen) atoms. The van der Waals surface area contributed by atoms with Gasteiger partial charge in [0.2, 0.25) is 0 Å². The fraction of sp³-hybridized carbons (Fsp3) is 0.143. The molecular weight excluding hydrogens is 231 g/mol. The second kappa shape index (κ2) is 6.31. The van der Waals surface area contributed by atoms with Crippen LogP contribution in [0.5, 0.6) is 5.75 Å². The zero-order valence-electron chi connectivity index (χ0n) is 9.39. The molecule has 0 radical (unpaired) electrons. The summed E-state index contributed by atoms with van der Waals surface area (Å²) in [5.74, 6) is 0.655. The minimum Gasteiger partial charge on any atom is -1.00 e. The van der Waals surface area contributed by atoms with Crippen LogP contribution in [0.3, 0.4) is 0 Å². The molecule has 0 spiro atoms. The molecule has 0 aliphatic heterocycles. The number of hydrogen-bond donors (Lipinski definition) is 3. The summed E-state index contributed by atoms with van der Waals surface area (Å²) < 4.78 is 33.8. The van der Waals surface area contributed by atoms with E-state index in [2.05, 4.69) is 5.43 Å². The van der Waals surface area contributed by atoms with Gasteiger partial charge in [0, 0.05) is 0 Å². The van der Waals surface area contributed by atoms with E-state index in [-0.39, 0.29) is 31.0 Å². The van der Waals surface area contributed by atoms with Crippen LogP contribution >= 0.6 is 0 Å². The first-order valence-corrected chi connectivity index (χ1v) is 5.09. The largest absolute Gasteiger partial charge is 1.00 e. The molecule has 0 aliphatic carbocycles. The van der Waals surface area contributed by atoms with Crippen molar-refractivity contribution >= 4 is 16.0 Å². The molecule has 0 saturated heterocycles.